The molecule has 2 fully saturated rings. The maximum absolute atomic E-state index is 12.9. The van der Waals surface area contributed by atoms with Crippen molar-refractivity contribution in [3.8, 4) is 5.75 Å². The minimum Gasteiger partial charge on any atom is -0.508 e. The van der Waals surface area contributed by atoms with Crippen LogP contribution >= 0.6 is 23.2 Å². The van der Waals surface area contributed by atoms with Crippen molar-refractivity contribution in [2.24, 2.45) is 0 Å². The van der Waals surface area contributed by atoms with E-state index in [-0.39, 0.29) is 30.1 Å². The molecular weight excluding hydrogens is 475 g/mol. The van der Waals surface area contributed by atoms with E-state index < -0.39 is 11.0 Å². The summed E-state index contributed by atoms with van der Waals surface area (Å²) in [6.07, 6.45) is 2.87. The number of nitrogens with one attached hydrogen (secondary N) is 1. The average Bonchev–Trinajstić information content (AvgIpc) is 2.76. The smallest absolute Gasteiger partial charge is 0.303 e. The summed E-state index contributed by atoms with van der Waals surface area (Å²) >= 11 is 12.1. The lowest BCUT2D eigenvalue weighted by Gasteiger charge is -2.59. The molecule has 3 atom stereocenters. The zero-order chi connectivity index (χ0) is 24.5. The third kappa shape index (κ3) is 4.90. The minimum absolute atomic E-state index is 0.0929. The molecule has 0 radical (unpaired) electrons. The molecule has 0 spiro atoms. The molecule has 1 aliphatic heterocycles. The molecule has 2 aliphatic rings. The molecule has 2 N–H and O–H groups in total. The number of carbonyl (C=O) groups excluding carboxylic acids is 2. The van der Waals surface area contributed by atoms with E-state index in [1.807, 2.05) is 19.2 Å². The van der Waals surface area contributed by atoms with Crippen molar-refractivity contribution < 1.29 is 19.4 Å². The summed E-state index contributed by atoms with van der Waals surface area (Å²) in [5.41, 5.74) is 0.470. The Bertz CT molecular complexity index is 1090. The van der Waals surface area contributed by atoms with Crippen LogP contribution in [-0.2, 0) is 26.2 Å². The first-order valence-corrected chi connectivity index (χ1v) is 12.3. The Morgan fingerprint density at radius 2 is 1.97 bits per heavy atom. The number of phenols is 1. The lowest BCUT2D eigenvalue weighted by molar-refractivity contribution is -0.185. The number of amides is 1. The Hall–Kier alpha value is -2.28. The zero-order valence-electron chi connectivity index (χ0n) is 19.4. The highest BCUT2D eigenvalue weighted by Gasteiger charge is 2.60. The Balaban J connectivity index is 1.62. The molecular formula is C26H30Cl2N2O4. The minimum atomic E-state index is -0.732. The number of benzene rings is 2. The van der Waals surface area contributed by atoms with Crippen molar-refractivity contribution in [1.29, 1.82) is 0 Å². The van der Waals surface area contributed by atoms with Gasteiger partial charge in [-0.3, -0.25) is 9.59 Å². The second-order valence-electron chi connectivity index (χ2n) is 9.64. The first kappa shape index (κ1) is 24.8. The van der Waals surface area contributed by atoms with Crippen molar-refractivity contribution >= 4 is 35.1 Å². The van der Waals surface area contributed by atoms with Crippen molar-refractivity contribution in [1.82, 2.24) is 10.2 Å². The molecule has 6 nitrogen and oxygen atoms in total. The van der Waals surface area contributed by atoms with Crippen LogP contribution in [0.25, 0.3) is 0 Å². The number of fused-ring (bicyclic) bond motifs is 1. The number of nitrogens with zero attached hydrogens (tertiary/aromatic N) is 1. The molecule has 1 heterocycles. The highest BCUT2D eigenvalue weighted by Crippen LogP contribution is 2.53. The van der Waals surface area contributed by atoms with Crippen molar-refractivity contribution in [3.05, 3.63) is 63.6 Å². The summed E-state index contributed by atoms with van der Waals surface area (Å²) in [7, 11) is 2.03. The van der Waals surface area contributed by atoms with Gasteiger partial charge in [-0.25, -0.2) is 0 Å². The predicted octanol–water partition coefficient (Wildman–Crippen LogP) is 4.49. The lowest BCUT2D eigenvalue weighted by atomic mass is 9.55. The predicted molar refractivity (Wildman–Crippen MR) is 132 cm³/mol. The van der Waals surface area contributed by atoms with Crippen molar-refractivity contribution in [2.45, 2.75) is 56.1 Å². The van der Waals surface area contributed by atoms with Crippen LogP contribution in [0.1, 0.15) is 43.7 Å². The maximum atomic E-state index is 12.9. The van der Waals surface area contributed by atoms with E-state index in [1.54, 1.807) is 30.3 Å². The van der Waals surface area contributed by atoms with E-state index in [1.165, 1.54) is 6.92 Å². The summed E-state index contributed by atoms with van der Waals surface area (Å²) in [6.45, 7) is 2.87. The molecule has 2 aromatic rings. The number of ether oxygens (including phenoxy) is 1. The number of hydrogen-bond acceptors (Lipinski definition) is 5. The number of halogens is 2. The molecule has 0 bridgehead atoms. The number of esters is 1. The van der Waals surface area contributed by atoms with Crippen LogP contribution in [0.3, 0.4) is 0 Å². The number of hydrogen-bond donors (Lipinski definition) is 2. The Morgan fingerprint density at radius 1 is 1.18 bits per heavy atom. The molecule has 1 saturated carbocycles. The Morgan fingerprint density at radius 3 is 2.68 bits per heavy atom. The van der Waals surface area contributed by atoms with E-state index >= 15 is 0 Å². The fourth-order valence-electron chi connectivity index (χ4n) is 5.83. The van der Waals surface area contributed by atoms with E-state index in [0.717, 1.165) is 24.1 Å². The number of phenolic OH excluding ortho intramolecular Hbond substituents is 1. The highest BCUT2D eigenvalue weighted by atomic mass is 35.5. The normalized spacial score (nSPS) is 27.0. The topological polar surface area (TPSA) is 78.9 Å². The van der Waals surface area contributed by atoms with Gasteiger partial charge < -0.3 is 20.1 Å². The van der Waals surface area contributed by atoms with Gasteiger partial charge in [-0.15, -0.1) is 0 Å². The average molecular weight is 505 g/mol. The molecule has 1 aliphatic carbocycles. The fraction of sp³-hybridized carbons (Fsp3) is 0.462. The molecule has 182 valence electrons. The zero-order valence-corrected chi connectivity index (χ0v) is 21.0. The molecule has 2 aromatic carbocycles. The van der Waals surface area contributed by atoms with Gasteiger partial charge in [-0.05, 0) is 74.7 Å². The maximum Gasteiger partial charge on any atom is 0.303 e. The second kappa shape index (κ2) is 9.76. The van der Waals surface area contributed by atoms with Crippen LogP contribution in [0.2, 0.25) is 10.0 Å². The van der Waals surface area contributed by atoms with Crippen molar-refractivity contribution in [2.75, 3.05) is 20.1 Å². The van der Waals surface area contributed by atoms with Crippen LogP contribution < -0.4 is 5.32 Å². The summed E-state index contributed by atoms with van der Waals surface area (Å²) < 4.78 is 6.12. The first-order valence-electron chi connectivity index (χ1n) is 11.5. The number of likely N-dealkylation sites (N-methyl/N-ethyl adjacent to an activating group) is 1. The quantitative estimate of drug-likeness (QED) is 0.586. The standard InChI is InChI=1S/C26H30Cl2N2O4/c1-17(31)34-26-9-8-20(29-24(33)13-18-6-7-22(27)23(28)12-18)15-25(26,10-11-30(2)16-26)19-4-3-5-21(32)14-19/h3-7,12,14,20,32H,8-11,13,15-16H2,1-2H3,(H,29,33)/t20-,25?,26?/m1/s1. The van der Waals surface area contributed by atoms with Crippen LogP contribution in [0.4, 0.5) is 0 Å². The van der Waals surface area contributed by atoms with Gasteiger partial charge >= 0.3 is 5.97 Å². The van der Waals surface area contributed by atoms with E-state index in [2.05, 4.69) is 10.2 Å². The molecule has 2 unspecified atom stereocenters. The Labute approximate surface area is 210 Å². The van der Waals surface area contributed by atoms with Crippen LogP contribution in [0, 0.1) is 0 Å². The number of carbonyl (C=O) groups is 2. The summed E-state index contributed by atoms with van der Waals surface area (Å²) in [5, 5.41) is 14.3. The van der Waals surface area contributed by atoms with Crippen LogP contribution in [0.15, 0.2) is 42.5 Å². The third-order valence-electron chi connectivity index (χ3n) is 7.26. The monoisotopic (exact) mass is 504 g/mol. The molecule has 34 heavy (non-hydrogen) atoms. The summed E-state index contributed by atoms with van der Waals surface area (Å²) in [5.74, 6) is -0.238. The number of rotatable bonds is 5. The summed E-state index contributed by atoms with van der Waals surface area (Å²) in [4.78, 5) is 27.4. The lowest BCUT2D eigenvalue weighted by Crippen LogP contribution is -2.68. The largest absolute Gasteiger partial charge is 0.508 e. The Kier molecular flexibility index (Phi) is 7.13. The van der Waals surface area contributed by atoms with Gasteiger partial charge in [-0.1, -0.05) is 41.4 Å². The van der Waals surface area contributed by atoms with Gasteiger partial charge in [0, 0.05) is 24.9 Å². The number of likely N-dealkylation sites (tertiary alicyclic amines) is 1. The first-order chi connectivity index (χ1) is 16.1. The number of piperidine rings is 1. The second-order valence-corrected chi connectivity index (χ2v) is 10.5. The van der Waals surface area contributed by atoms with E-state index in [4.69, 9.17) is 27.9 Å². The molecule has 4 rings (SSSR count). The number of aromatic hydroxyl groups is 1. The molecule has 1 amide bonds. The third-order valence-corrected chi connectivity index (χ3v) is 8.00. The van der Waals surface area contributed by atoms with Crippen molar-refractivity contribution in [3.63, 3.8) is 0 Å². The van der Waals surface area contributed by atoms with Gasteiger partial charge in [0.25, 0.3) is 0 Å². The highest BCUT2D eigenvalue weighted by molar-refractivity contribution is 6.42. The van der Waals surface area contributed by atoms with Gasteiger partial charge in [0.2, 0.25) is 5.91 Å². The van der Waals surface area contributed by atoms with Gasteiger partial charge in [0.15, 0.2) is 0 Å². The van der Waals surface area contributed by atoms with Gasteiger partial charge in [-0.2, -0.15) is 0 Å². The van der Waals surface area contributed by atoms with Gasteiger partial charge in [0.1, 0.15) is 11.4 Å². The van der Waals surface area contributed by atoms with Crippen LogP contribution in [0.5, 0.6) is 5.75 Å². The molecule has 0 aromatic heterocycles. The van der Waals surface area contributed by atoms with E-state index in [0.29, 0.717) is 35.9 Å². The van der Waals surface area contributed by atoms with E-state index in [9.17, 15) is 14.7 Å². The van der Waals surface area contributed by atoms with Gasteiger partial charge in [0.05, 0.1) is 16.5 Å². The molecule has 1 saturated heterocycles. The fourth-order valence-corrected chi connectivity index (χ4v) is 6.15. The van der Waals surface area contributed by atoms with Crippen LogP contribution in [-0.4, -0.2) is 53.7 Å². The SMILES string of the molecule is CC(=O)OC12CC[C@@H](NC(=O)Cc3ccc(Cl)c(Cl)c3)CC1(c1cccc(O)c1)CCN(C)C2. The summed E-state index contributed by atoms with van der Waals surface area (Å²) in [6, 6.07) is 12.3. The molecule has 8 heteroatoms.